The third kappa shape index (κ3) is 8.89. The smallest absolute Gasteiger partial charge is 0.350 e. The van der Waals surface area contributed by atoms with Crippen LogP contribution in [-0.4, -0.2) is 49.8 Å². The molecule has 1 aromatic carbocycles. The van der Waals surface area contributed by atoms with Crippen molar-refractivity contribution in [3.8, 4) is 0 Å². The number of aryl methyl sites for hydroxylation is 1. The van der Waals surface area contributed by atoms with Gasteiger partial charge in [0.05, 0.1) is 42.5 Å². The van der Waals surface area contributed by atoms with Crippen molar-refractivity contribution >= 4 is 22.8 Å². The van der Waals surface area contributed by atoms with E-state index in [-0.39, 0.29) is 24.4 Å². The van der Waals surface area contributed by atoms with Gasteiger partial charge in [-0.3, -0.25) is 14.3 Å². The van der Waals surface area contributed by atoms with Gasteiger partial charge in [-0.2, -0.15) is 31.4 Å². The van der Waals surface area contributed by atoms with Gasteiger partial charge in [0.1, 0.15) is 11.5 Å². The number of nitrogens with zero attached hydrogens (tertiary/aromatic N) is 3. The van der Waals surface area contributed by atoms with Crippen LogP contribution in [0.5, 0.6) is 0 Å². The van der Waals surface area contributed by atoms with Gasteiger partial charge in [0.15, 0.2) is 0 Å². The molecule has 3 aromatic rings. The van der Waals surface area contributed by atoms with E-state index >= 15 is 0 Å². The number of alkyl halides is 8. The van der Waals surface area contributed by atoms with Crippen LogP contribution in [0.2, 0.25) is 0 Å². The molecule has 2 aromatic heterocycles. The number of fused-ring (bicyclic) bond motifs is 1. The van der Waals surface area contributed by atoms with Crippen LogP contribution in [0.1, 0.15) is 85.8 Å². The second-order valence-electron chi connectivity index (χ2n) is 10.8. The molecule has 4 rings (SSSR count). The number of benzene rings is 1. The maximum absolute atomic E-state index is 13.9. The Kier molecular flexibility index (Phi) is 9.35. The molecule has 2 heterocycles. The van der Waals surface area contributed by atoms with E-state index in [9.17, 15) is 44.7 Å². The topological polar surface area (TPSA) is 105 Å². The van der Waals surface area contributed by atoms with Crippen molar-refractivity contribution in [3.05, 3.63) is 47.5 Å². The molecule has 43 heavy (non-hydrogen) atoms. The van der Waals surface area contributed by atoms with E-state index in [1.807, 2.05) is 0 Å². The molecular formula is C27H30F8N6O2. The van der Waals surface area contributed by atoms with E-state index in [0.29, 0.717) is 16.6 Å². The number of halogens is 8. The van der Waals surface area contributed by atoms with Crippen molar-refractivity contribution in [2.45, 2.75) is 88.8 Å². The van der Waals surface area contributed by atoms with Crippen LogP contribution < -0.4 is 10.6 Å². The predicted molar refractivity (Wildman–Crippen MR) is 138 cm³/mol. The molecule has 0 bridgehead atoms. The zero-order valence-corrected chi connectivity index (χ0v) is 23.0. The molecule has 3 N–H and O–H groups in total. The second kappa shape index (κ2) is 12.5. The van der Waals surface area contributed by atoms with Gasteiger partial charge >= 0.3 is 12.4 Å². The number of nitrogens with one attached hydrogen (secondary N) is 3. The van der Waals surface area contributed by atoms with Crippen molar-refractivity contribution in [2.75, 3.05) is 0 Å². The van der Waals surface area contributed by atoms with Crippen molar-refractivity contribution < 1.29 is 44.7 Å². The number of hydrogen-bond acceptors (Lipinski definition) is 4. The van der Waals surface area contributed by atoms with Crippen LogP contribution in [0.25, 0.3) is 11.0 Å². The highest BCUT2D eigenvalue weighted by molar-refractivity contribution is 5.92. The SMILES string of the molecule is C[C@@H](NC(=O)CCC(F)(F)F)c1ccc2nc([C@@H](NC(=O)c3ccnn3CCC(F)(F)F)C3CCC(F)(F)CC3)[nH]c2c1. The van der Waals surface area contributed by atoms with E-state index in [4.69, 9.17) is 0 Å². The molecule has 0 spiro atoms. The molecule has 0 radical (unpaired) electrons. The van der Waals surface area contributed by atoms with Crippen LogP contribution in [0.15, 0.2) is 30.5 Å². The van der Waals surface area contributed by atoms with Crippen molar-refractivity contribution in [1.29, 1.82) is 0 Å². The molecule has 0 aliphatic heterocycles. The monoisotopic (exact) mass is 622 g/mol. The van der Waals surface area contributed by atoms with Gasteiger partial charge in [0.25, 0.3) is 5.91 Å². The largest absolute Gasteiger partial charge is 0.390 e. The van der Waals surface area contributed by atoms with Crippen molar-refractivity contribution in [1.82, 2.24) is 30.4 Å². The highest BCUT2D eigenvalue weighted by Crippen LogP contribution is 2.41. The number of rotatable bonds is 10. The number of H-pyrrole nitrogens is 1. The first-order valence-electron chi connectivity index (χ1n) is 13.6. The minimum absolute atomic E-state index is 0.0502. The summed E-state index contributed by atoms with van der Waals surface area (Å²) in [5.74, 6) is -4.62. The summed E-state index contributed by atoms with van der Waals surface area (Å²) in [6.45, 7) is 1.01. The van der Waals surface area contributed by atoms with Crippen molar-refractivity contribution in [2.24, 2.45) is 5.92 Å². The maximum atomic E-state index is 13.9. The van der Waals surface area contributed by atoms with E-state index in [1.54, 1.807) is 25.1 Å². The Bertz CT molecular complexity index is 1420. The van der Waals surface area contributed by atoms with Gasteiger partial charge in [-0.15, -0.1) is 0 Å². The molecule has 16 heteroatoms. The van der Waals surface area contributed by atoms with Crippen LogP contribution >= 0.6 is 0 Å². The first-order chi connectivity index (χ1) is 20.0. The number of aromatic nitrogens is 4. The fourth-order valence-electron chi connectivity index (χ4n) is 5.07. The average molecular weight is 623 g/mol. The molecule has 1 fully saturated rings. The van der Waals surface area contributed by atoms with Crippen LogP contribution in [-0.2, 0) is 11.3 Å². The normalized spacial score (nSPS) is 17.5. The third-order valence-electron chi connectivity index (χ3n) is 7.41. The number of carbonyl (C=O) groups excluding carboxylic acids is 2. The summed E-state index contributed by atoms with van der Waals surface area (Å²) in [4.78, 5) is 32.8. The Labute approximate surface area is 240 Å². The maximum Gasteiger partial charge on any atom is 0.390 e. The summed E-state index contributed by atoms with van der Waals surface area (Å²) < 4.78 is 104. The Hall–Kier alpha value is -3.72. The third-order valence-corrected chi connectivity index (χ3v) is 7.41. The lowest BCUT2D eigenvalue weighted by molar-refractivity contribution is -0.144. The summed E-state index contributed by atoms with van der Waals surface area (Å²) in [5.41, 5.74) is 1.31. The van der Waals surface area contributed by atoms with Gasteiger partial charge in [-0.25, -0.2) is 13.8 Å². The minimum atomic E-state index is -4.47. The number of imidazole rings is 1. The zero-order chi connectivity index (χ0) is 31.6. The Balaban J connectivity index is 1.55. The fourth-order valence-corrected chi connectivity index (χ4v) is 5.07. The highest BCUT2D eigenvalue weighted by Gasteiger charge is 2.40. The lowest BCUT2D eigenvalue weighted by atomic mass is 9.81. The lowest BCUT2D eigenvalue weighted by Crippen LogP contribution is -2.38. The quantitative estimate of drug-likeness (QED) is 0.224. The summed E-state index contributed by atoms with van der Waals surface area (Å²) in [5, 5.41) is 9.07. The molecule has 0 unspecified atom stereocenters. The molecule has 2 atom stereocenters. The van der Waals surface area contributed by atoms with Gasteiger partial charge < -0.3 is 15.6 Å². The molecule has 1 aliphatic carbocycles. The standard InChI is InChI=1S/C27H30F8N6O2/c1-15(37-21(42)6-10-26(30,31)32)17-2-3-18-19(14-17)39-23(38-18)22(16-4-8-25(28,29)9-5-16)40-24(43)20-7-12-36-41(20)13-11-27(33,34)35/h2-3,7,12,14-16,22H,4-6,8-11,13H2,1H3,(H,37,42)(H,38,39)(H,40,43)/t15-,22+/m1/s1. The molecule has 2 amide bonds. The molecule has 1 saturated carbocycles. The summed E-state index contributed by atoms with van der Waals surface area (Å²) in [6.07, 6.45) is -11.6. The molecular weight excluding hydrogens is 592 g/mol. The molecule has 1 aliphatic rings. The van der Waals surface area contributed by atoms with Gasteiger partial charge in [0, 0.05) is 25.5 Å². The van der Waals surface area contributed by atoms with E-state index in [0.717, 1.165) is 4.68 Å². The first-order valence-corrected chi connectivity index (χ1v) is 13.6. The van der Waals surface area contributed by atoms with E-state index in [1.165, 1.54) is 12.3 Å². The Morgan fingerprint density at radius 2 is 1.72 bits per heavy atom. The summed E-state index contributed by atoms with van der Waals surface area (Å²) in [6, 6.07) is 4.56. The first kappa shape index (κ1) is 32.2. The summed E-state index contributed by atoms with van der Waals surface area (Å²) in [7, 11) is 0. The Morgan fingerprint density at radius 1 is 1.05 bits per heavy atom. The summed E-state index contributed by atoms with van der Waals surface area (Å²) >= 11 is 0. The lowest BCUT2D eigenvalue weighted by Gasteiger charge is -2.33. The van der Waals surface area contributed by atoms with Crippen molar-refractivity contribution in [3.63, 3.8) is 0 Å². The number of amides is 2. The number of hydrogen-bond donors (Lipinski definition) is 3. The van der Waals surface area contributed by atoms with Gasteiger partial charge in [-0.1, -0.05) is 6.07 Å². The highest BCUT2D eigenvalue weighted by atomic mass is 19.4. The van der Waals surface area contributed by atoms with E-state index < -0.39 is 86.7 Å². The predicted octanol–water partition coefficient (Wildman–Crippen LogP) is 6.53. The van der Waals surface area contributed by atoms with Gasteiger partial charge in [-0.05, 0) is 49.4 Å². The number of carbonyl (C=O) groups is 2. The van der Waals surface area contributed by atoms with Crippen LogP contribution in [0.3, 0.4) is 0 Å². The van der Waals surface area contributed by atoms with Gasteiger partial charge in [0.2, 0.25) is 11.8 Å². The fraction of sp³-hybridized carbons (Fsp3) is 0.556. The van der Waals surface area contributed by atoms with Crippen LogP contribution in [0, 0.1) is 5.92 Å². The minimum Gasteiger partial charge on any atom is -0.350 e. The zero-order valence-electron chi connectivity index (χ0n) is 23.0. The van der Waals surface area contributed by atoms with Crippen LogP contribution in [0.4, 0.5) is 35.1 Å². The number of aromatic amines is 1. The second-order valence-corrected chi connectivity index (χ2v) is 10.8. The Morgan fingerprint density at radius 3 is 2.37 bits per heavy atom. The molecule has 236 valence electrons. The van der Waals surface area contributed by atoms with E-state index in [2.05, 4.69) is 25.7 Å². The molecule has 0 saturated heterocycles. The molecule has 8 nitrogen and oxygen atoms in total. The average Bonchev–Trinajstić information content (AvgIpc) is 3.55.